The zero-order chi connectivity index (χ0) is 36.3. The highest BCUT2D eigenvalue weighted by Gasteiger charge is 2.47. The second-order valence-corrected chi connectivity index (χ2v) is 14.4. The molecule has 0 amide bonds. The van der Waals surface area contributed by atoms with Crippen molar-refractivity contribution in [1.82, 2.24) is 0 Å². The lowest BCUT2D eigenvalue weighted by atomic mass is 9.68. The molecule has 1 aliphatic carbocycles. The van der Waals surface area contributed by atoms with E-state index >= 15 is 0 Å². The smallest absolute Gasteiger partial charge is 0.159 e. The molecule has 9 aromatic carbocycles. The van der Waals surface area contributed by atoms with Crippen LogP contribution in [0.4, 0.5) is 17.1 Å². The van der Waals surface area contributed by atoms with Crippen molar-refractivity contribution in [3.05, 3.63) is 235 Å². The number of benzene rings is 9. The van der Waals surface area contributed by atoms with Gasteiger partial charge in [-0.05, 0) is 80.0 Å². The average molecular weight is 702 g/mol. The summed E-state index contributed by atoms with van der Waals surface area (Å²) in [5, 5.41) is 4.63. The lowest BCUT2D eigenvalue weighted by Gasteiger charge is -2.34. The summed E-state index contributed by atoms with van der Waals surface area (Å²) in [5.41, 5.74) is 14.2. The van der Waals surface area contributed by atoms with Crippen LogP contribution < -0.4 is 4.90 Å². The Morgan fingerprint density at radius 1 is 0.400 bits per heavy atom. The highest BCUT2D eigenvalue weighted by atomic mass is 16.3. The van der Waals surface area contributed by atoms with Crippen LogP contribution in [0.5, 0.6) is 0 Å². The van der Waals surface area contributed by atoms with Gasteiger partial charge >= 0.3 is 0 Å². The number of hydrogen-bond donors (Lipinski definition) is 0. The highest BCUT2D eigenvalue weighted by Crippen LogP contribution is 2.60. The molecule has 258 valence electrons. The number of para-hydroxylation sites is 2. The summed E-state index contributed by atoms with van der Waals surface area (Å²) in [6, 6.07) is 76.7. The van der Waals surface area contributed by atoms with Gasteiger partial charge in [-0.2, -0.15) is 0 Å². The third-order valence-electron chi connectivity index (χ3n) is 11.5. The maximum absolute atomic E-state index is 7.10. The Hall–Kier alpha value is -7.16. The molecule has 0 N–H and O–H groups in total. The van der Waals surface area contributed by atoms with E-state index in [0.717, 1.165) is 39.0 Å². The Bertz CT molecular complexity index is 2980. The van der Waals surface area contributed by atoms with Gasteiger partial charge in [0.2, 0.25) is 0 Å². The van der Waals surface area contributed by atoms with Crippen LogP contribution in [0.15, 0.2) is 217 Å². The molecular weight excluding hydrogens is 667 g/mol. The Labute approximate surface area is 320 Å². The first-order valence-electron chi connectivity index (χ1n) is 18.9. The van der Waals surface area contributed by atoms with Crippen molar-refractivity contribution in [2.75, 3.05) is 4.90 Å². The number of hydrogen-bond acceptors (Lipinski definition) is 2. The van der Waals surface area contributed by atoms with Crippen LogP contribution in [0.1, 0.15) is 22.3 Å². The standard InChI is InChI=1S/C53H35NO/c1-5-19-36(20-6-1)44-35-49-50(41-28-14-13-27-40(41)44)43-30-17-34-48(52(43)55-49)54(39-25-11-4-12-26-39)47-33-18-32-46-51(47)42-29-15-16-31-45(42)53(46,37-21-7-2-8-22-37)38-23-9-3-10-24-38/h1-35H. The second kappa shape index (κ2) is 12.5. The van der Waals surface area contributed by atoms with Gasteiger partial charge in [0.05, 0.1) is 16.8 Å². The number of fused-ring (bicyclic) bond motifs is 8. The van der Waals surface area contributed by atoms with Gasteiger partial charge in [0.25, 0.3) is 0 Å². The first-order valence-corrected chi connectivity index (χ1v) is 18.9. The lowest BCUT2D eigenvalue weighted by Crippen LogP contribution is -2.28. The summed E-state index contributed by atoms with van der Waals surface area (Å²) in [5.74, 6) is 0. The predicted octanol–water partition coefficient (Wildman–Crippen LogP) is 14.2. The van der Waals surface area contributed by atoms with E-state index in [1.807, 2.05) is 0 Å². The van der Waals surface area contributed by atoms with Crippen LogP contribution in [-0.2, 0) is 5.41 Å². The summed E-state index contributed by atoms with van der Waals surface area (Å²) < 4.78 is 7.10. The van der Waals surface area contributed by atoms with Crippen molar-refractivity contribution in [3.63, 3.8) is 0 Å². The van der Waals surface area contributed by atoms with E-state index in [9.17, 15) is 0 Å². The second-order valence-electron chi connectivity index (χ2n) is 14.4. The summed E-state index contributed by atoms with van der Waals surface area (Å²) >= 11 is 0. The quantitative estimate of drug-likeness (QED) is 0.172. The van der Waals surface area contributed by atoms with Crippen LogP contribution in [0.25, 0.3) is 55.0 Å². The SMILES string of the molecule is c1ccc(-c2cc3oc4c(N(c5ccccc5)c5cccc6c5-c5ccccc5C6(c5ccccc5)c5ccccc5)cccc4c3c3ccccc23)cc1. The van der Waals surface area contributed by atoms with Gasteiger partial charge in [-0.25, -0.2) is 0 Å². The highest BCUT2D eigenvalue weighted by molar-refractivity contribution is 6.24. The Kier molecular flexibility index (Phi) is 7.11. The molecule has 0 spiro atoms. The van der Waals surface area contributed by atoms with Gasteiger partial charge in [0.1, 0.15) is 5.58 Å². The maximum Gasteiger partial charge on any atom is 0.159 e. The van der Waals surface area contributed by atoms with Crippen LogP contribution >= 0.6 is 0 Å². The summed E-state index contributed by atoms with van der Waals surface area (Å²) in [4.78, 5) is 2.41. The van der Waals surface area contributed by atoms with Crippen molar-refractivity contribution in [2.45, 2.75) is 5.41 Å². The van der Waals surface area contributed by atoms with Gasteiger partial charge in [0.15, 0.2) is 5.58 Å². The van der Waals surface area contributed by atoms with Crippen molar-refractivity contribution >= 4 is 49.8 Å². The molecule has 1 aliphatic rings. The Morgan fingerprint density at radius 3 is 1.67 bits per heavy atom. The average Bonchev–Trinajstić information content (AvgIpc) is 3.80. The third-order valence-corrected chi connectivity index (χ3v) is 11.5. The molecule has 2 heteroatoms. The summed E-state index contributed by atoms with van der Waals surface area (Å²) in [6.45, 7) is 0. The predicted molar refractivity (Wildman–Crippen MR) is 229 cm³/mol. The number of anilines is 3. The molecule has 1 aromatic heterocycles. The third kappa shape index (κ3) is 4.62. The maximum atomic E-state index is 7.10. The minimum absolute atomic E-state index is 0.509. The molecule has 0 radical (unpaired) electrons. The monoisotopic (exact) mass is 701 g/mol. The molecule has 0 unspecified atom stereocenters. The summed E-state index contributed by atoms with van der Waals surface area (Å²) in [7, 11) is 0. The van der Waals surface area contributed by atoms with Crippen molar-refractivity contribution < 1.29 is 4.42 Å². The van der Waals surface area contributed by atoms with E-state index < -0.39 is 5.41 Å². The van der Waals surface area contributed by atoms with Crippen LogP contribution in [0, 0.1) is 0 Å². The number of nitrogens with zero attached hydrogens (tertiary/aromatic N) is 1. The van der Waals surface area contributed by atoms with Crippen LogP contribution in [0.3, 0.4) is 0 Å². The van der Waals surface area contributed by atoms with Gasteiger partial charge in [-0.15, -0.1) is 0 Å². The normalized spacial score (nSPS) is 12.9. The fourth-order valence-corrected chi connectivity index (χ4v) is 9.32. The zero-order valence-corrected chi connectivity index (χ0v) is 30.1. The molecule has 11 rings (SSSR count). The fraction of sp³-hybridized carbons (Fsp3) is 0.0189. The van der Waals surface area contributed by atoms with Gasteiger partial charge in [-0.3, -0.25) is 0 Å². The molecule has 2 nitrogen and oxygen atoms in total. The minimum atomic E-state index is -0.509. The van der Waals surface area contributed by atoms with Gasteiger partial charge in [0, 0.05) is 22.0 Å². The van der Waals surface area contributed by atoms with Gasteiger partial charge in [-0.1, -0.05) is 182 Å². The van der Waals surface area contributed by atoms with E-state index in [4.69, 9.17) is 4.42 Å². The lowest BCUT2D eigenvalue weighted by molar-refractivity contribution is 0.669. The van der Waals surface area contributed by atoms with E-state index in [1.54, 1.807) is 0 Å². The Morgan fingerprint density at radius 2 is 0.945 bits per heavy atom. The molecule has 0 saturated heterocycles. The van der Waals surface area contributed by atoms with Crippen molar-refractivity contribution in [3.8, 4) is 22.3 Å². The first-order chi connectivity index (χ1) is 27.3. The van der Waals surface area contributed by atoms with Crippen LogP contribution in [0.2, 0.25) is 0 Å². The first kappa shape index (κ1) is 31.4. The molecule has 1 heterocycles. The molecule has 0 fully saturated rings. The molecule has 0 saturated carbocycles. The topological polar surface area (TPSA) is 16.4 Å². The minimum Gasteiger partial charge on any atom is -0.454 e. The fourth-order valence-electron chi connectivity index (χ4n) is 9.32. The Balaban J connectivity index is 1.23. The van der Waals surface area contributed by atoms with E-state index in [1.165, 1.54) is 55.3 Å². The molecule has 55 heavy (non-hydrogen) atoms. The molecule has 0 bridgehead atoms. The van der Waals surface area contributed by atoms with Crippen LogP contribution in [-0.4, -0.2) is 0 Å². The molecule has 0 atom stereocenters. The molecular formula is C53H35NO. The van der Waals surface area contributed by atoms with Crippen molar-refractivity contribution in [2.24, 2.45) is 0 Å². The zero-order valence-electron chi connectivity index (χ0n) is 30.1. The summed E-state index contributed by atoms with van der Waals surface area (Å²) in [6.07, 6.45) is 0. The van der Waals surface area contributed by atoms with E-state index in [0.29, 0.717) is 0 Å². The molecule has 0 aliphatic heterocycles. The number of rotatable bonds is 6. The van der Waals surface area contributed by atoms with Crippen molar-refractivity contribution in [1.29, 1.82) is 0 Å². The molecule has 10 aromatic rings. The van der Waals surface area contributed by atoms with E-state index in [-0.39, 0.29) is 0 Å². The van der Waals surface area contributed by atoms with Gasteiger partial charge < -0.3 is 9.32 Å². The number of furan rings is 1. The largest absolute Gasteiger partial charge is 0.454 e. The van der Waals surface area contributed by atoms with E-state index in [2.05, 4.69) is 217 Å².